The number of carboxylic acids is 1. The number of rotatable bonds is 1. The van der Waals surface area contributed by atoms with E-state index in [1.165, 1.54) is 10.8 Å². The predicted octanol–water partition coefficient (Wildman–Crippen LogP) is -1.15. The number of imidazole rings is 1. The van der Waals surface area contributed by atoms with Crippen molar-refractivity contribution in [2.24, 2.45) is 14.1 Å². The van der Waals surface area contributed by atoms with Crippen LogP contribution in [-0.4, -0.2) is 10.5 Å². The second-order valence-electron chi connectivity index (χ2n) is 2.19. The third kappa shape index (κ3) is 1.80. The van der Waals surface area contributed by atoms with E-state index in [0.29, 0.717) is 0 Å². The Kier molecular flexibility index (Phi) is 2.80. The topological polar surface area (TPSA) is 48.9 Å². The second kappa shape index (κ2) is 3.18. The van der Waals surface area contributed by atoms with Crippen molar-refractivity contribution in [2.75, 3.05) is 0 Å². The first-order valence-electron chi connectivity index (χ1n) is 2.84. The van der Waals surface area contributed by atoms with Crippen molar-refractivity contribution < 1.29 is 14.5 Å². The average Bonchev–Trinajstić information content (AvgIpc) is 2.10. The van der Waals surface area contributed by atoms with Crippen LogP contribution in [0, 0.1) is 0 Å². The van der Waals surface area contributed by atoms with Crippen LogP contribution in [0.3, 0.4) is 0 Å². The number of nitrogens with zero attached hydrogens (tertiary/aromatic N) is 2. The maximum absolute atomic E-state index is 10.3. The molecule has 4 nitrogen and oxygen atoms in total. The summed E-state index contributed by atoms with van der Waals surface area (Å²) in [6.07, 6.45) is 3.15. The van der Waals surface area contributed by atoms with Crippen molar-refractivity contribution in [1.82, 2.24) is 4.57 Å². The molecular weight excluding hydrogens is 144 g/mol. The lowest BCUT2D eigenvalue weighted by molar-refractivity contribution is -0.671. The Hall–Kier alpha value is -1.32. The number of aromatic nitrogens is 2. The molecule has 1 rings (SSSR count). The summed E-state index contributed by atoms with van der Waals surface area (Å²) in [6, 6.07) is 0. The summed E-state index contributed by atoms with van der Waals surface area (Å²) in [4.78, 5) is 10.3. The van der Waals surface area contributed by atoms with Crippen molar-refractivity contribution >= 4 is 5.97 Å². The van der Waals surface area contributed by atoms with E-state index in [1.54, 1.807) is 25.0 Å². The van der Waals surface area contributed by atoms with Gasteiger partial charge in [0.2, 0.25) is 6.33 Å². The molecule has 0 N–H and O–H groups in total. The van der Waals surface area contributed by atoms with E-state index in [-0.39, 0.29) is 13.1 Å². The summed E-state index contributed by atoms with van der Waals surface area (Å²) in [5.74, 6) is -1.15. The Morgan fingerprint density at radius 3 is 2.45 bits per heavy atom. The molecule has 1 heterocycles. The van der Waals surface area contributed by atoms with Gasteiger partial charge in [0.05, 0.1) is 14.1 Å². The average molecular weight is 156 g/mol. The molecule has 0 unspecified atom stereocenters. The molecule has 1 aromatic heterocycles. The molecular formula is C7H12N2O2. The van der Waals surface area contributed by atoms with Crippen LogP contribution < -0.4 is 9.67 Å². The molecule has 1 aromatic rings. The lowest BCUT2D eigenvalue weighted by atomic mass is 10.5. The molecule has 0 spiro atoms. The molecule has 0 amide bonds. The fourth-order valence-electron chi connectivity index (χ4n) is 0.849. The smallest absolute Gasteiger partial charge is 0.243 e. The minimum absolute atomic E-state index is 0. The molecule has 62 valence electrons. The molecule has 11 heavy (non-hydrogen) atoms. The predicted molar refractivity (Wildman–Crippen MR) is 37.7 cm³/mol. The van der Waals surface area contributed by atoms with Crippen molar-refractivity contribution in [3.63, 3.8) is 0 Å². The highest BCUT2D eigenvalue weighted by Crippen LogP contribution is 1.89. The molecule has 0 aliphatic rings. The van der Waals surface area contributed by atoms with E-state index in [4.69, 9.17) is 0 Å². The highest BCUT2D eigenvalue weighted by atomic mass is 16.4. The van der Waals surface area contributed by atoms with E-state index in [2.05, 4.69) is 0 Å². The molecule has 0 bridgehead atoms. The normalized spacial score (nSPS) is 8.91. The number of hydrogen-bond acceptors (Lipinski definition) is 2. The number of carboxylic acid groups (broad SMARTS) is 1. The summed E-state index contributed by atoms with van der Waals surface area (Å²) in [7, 11) is 3.41. The number of carbonyl (C=O) groups is 1. The molecule has 0 radical (unpaired) electrons. The Labute approximate surface area is 65.7 Å². The van der Waals surface area contributed by atoms with Gasteiger partial charge in [-0.1, -0.05) is 7.43 Å². The van der Waals surface area contributed by atoms with Crippen molar-refractivity contribution in [3.05, 3.63) is 18.2 Å². The van der Waals surface area contributed by atoms with Crippen LogP contribution in [0.15, 0.2) is 12.5 Å². The van der Waals surface area contributed by atoms with Crippen LogP contribution in [-0.2, 0) is 14.1 Å². The monoisotopic (exact) mass is 156 g/mol. The first kappa shape index (κ1) is 9.68. The van der Waals surface area contributed by atoms with Gasteiger partial charge in [0.25, 0.3) is 0 Å². The molecule has 0 atom stereocenters. The quantitative estimate of drug-likeness (QED) is 0.482. The van der Waals surface area contributed by atoms with E-state index in [9.17, 15) is 9.90 Å². The van der Waals surface area contributed by atoms with Crippen LogP contribution in [0.2, 0.25) is 0 Å². The lowest BCUT2D eigenvalue weighted by Gasteiger charge is -1.93. The molecule has 0 fully saturated rings. The van der Waals surface area contributed by atoms with Crippen LogP contribution >= 0.6 is 0 Å². The third-order valence-electron chi connectivity index (χ3n) is 1.27. The van der Waals surface area contributed by atoms with Gasteiger partial charge in [-0.25, -0.2) is 9.13 Å². The minimum atomic E-state index is -1.15. The Balaban J connectivity index is 0.000001000. The Bertz CT molecular complexity index is 265. The standard InChI is InChI=1S/C6H8N2O2.CH4/c1-7-3-5(6(9)10)8(2)4-7;/h3-4H,1-2H3;1H4. The maximum Gasteiger partial charge on any atom is 0.243 e. The van der Waals surface area contributed by atoms with Crippen molar-refractivity contribution in [2.45, 2.75) is 7.43 Å². The van der Waals surface area contributed by atoms with Crippen molar-refractivity contribution in [1.29, 1.82) is 0 Å². The largest absolute Gasteiger partial charge is 0.541 e. The van der Waals surface area contributed by atoms with Gasteiger partial charge in [0, 0.05) is 0 Å². The van der Waals surface area contributed by atoms with Gasteiger partial charge in [0.1, 0.15) is 12.2 Å². The van der Waals surface area contributed by atoms with Gasteiger partial charge < -0.3 is 9.90 Å². The molecule has 0 saturated carbocycles. The zero-order valence-electron chi connectivity index (χ0n) is 5.87. The zero-order valence-corrected chi connectivity index (χ0v) is 5.87. The number of hydrogen-bond donors (Lipinski definition) is 0. The van der Waals surface area contributed by atoms with Gasteiger partial charge in [-0.2, -0.15) is 0 Å². The van der Waals surface area contributed by atoms with E-state index in [0.717, 1.165) is 0 Å². The fourth-order valence-corrected chi connectivity index (χ4v) is 0.849. The summed E-state index contributed by atoms with van der Waals surface area (Å²) < 4.78 is 3.15. The van der Waals surface area contributed by atoms with Gasteiger partial charge in [0.15, 0.2) is 5.69 Å². The number of carbonyl (C=O) groups excluding carboxylic acids is 1. The SMILES string of the molecule is C.Cn1c[n+](C)cc1C(=O)[O-]. The van der Waals surface area contributed by atoms with Gasteiger partial charge >= 0.3 is 0 Å². The minimum Gasteiger partial charge on any atom is -0.541 e. The zero-order chi connectivity index (χ0) is 7.72. The van der Waals surface area contributed by atoms with Gasteiger partial charge in [-0.05, 0) is 0 Å². The van der Waals surface area contributed by atoms with Gasteiger partial charge in [-0.3, -0.25) is 0 Å². The summed E-state index contributed by atoms with van der Waals surface area (Å²) in [6.45, 7) is 0. The third-order valence-corrected chi connectivity index (χ3v) is 1.27. The van der Waals surface area contributed by atoms with Crippen LogP contribution in [0.25, 0.3) is 0 Å². The van der Waals surface area contributed by atoms with E-state index < -0.39 is 5.97 Å². The fraction of sp³-hybridized carbons (Fsp3) is 0.429. The van der Waals surface area contributed by atoms with Gasteiger partial charge in [-0.15, -0.1) is 0 Å². The van der Waals surface area contributed by atoms with E-state index in [1.807, 2.05) is 0 Å². The highest BCUT2D eigenvalue weighted by Gasteiger charge is 2.06. The summed E-state index contributed by atoms with van der Waals surface area (Å²) in [5.41, 5.74) is 0.183. The maximum atomic E-state index is 10.3. The number of aryl methyl sites for hydroxylation is 2. The highest BCUT2D eigenvalue weighted by molar-refractivity contribution is 5.82. The lowest BCUT2D eigenvalue weighted by Crippen LogP contribution is -2.26. The first-order valence-corrected chi connectivity index (χ1v) is 2.84. The van der Waals surface area contributed by atoms with Crippen LogP contribution in [0.1, 0.15) is 17.9 Å². The van der Waals surface area contributed by atoms with Crippen LogP contribution in [0.4, 0.5) is 0 Å². The molecule has 0 aliphatic heterocycles. The molecule has 4 heteroatoms. The van der Waals surface area contributed by atoms with E-state index >= 15 is 0 Å². The van der Waals surface area contributed by atoms with Crippen molar-refractivity contribution in [3.8, 4) is 0 Å². The number of aromatic carboxylic acids is 1. The summed E-state index contributed by atoms with van der Waals surface area (Å²) >= 11 is 0. The molecule has 0 aromatic carbocycles. The molecule has 0 aliphatic carbocycles. The molecule has 0 saturated heterocycles. The van der Waals surface area contributed by atoms with Crippen LogP contribution in [0.5, 0.6) is 0 Å². The first-order chi connectivity index (χ1) is 4.61. The summed E-state index contributed by atoms with van der Waals surface area (Å²) in [5, 5.41) is 10.3. The Morgan fingerprint density at radius 2 is 2.27 bits per heavy atom. The second-order valence-corrected chi connectivity index (χ2v) is 2.19. The Morgan fingerprint density at radius 1 is 1.73 bits per heavy atom.